The molecule has 0 saturated carbocycles. The molecule has 0 radical (unpaired) electrons. The number of hydrogen-bond donors (Lipinski definition) is 1. The summed E-state index contributed by atoms with van der Waals surface area (Å²) in [4.78, 5) is 11.0. The van der Waals surface area contributed by atoms with Crippen molar-refractivity contribution in [3.05, 3.63) is 16.3 Å². The quantitative estimate of drug-likeness (QED) is 0.918. The summed E-state index contributed by atoms with van der Waals surface area (Å²) in [5.41, 5.74) is 0. The topological polar surface area (TPSA) is 74.7 Å². The fourth-order valence-corrected chi connectivity index (χ4v) is 5.71. The highest BCUT2D eigenvalue weighted by molar-refractivity contribution is 8.00. The minimum absolute atomic E-state index is 0.0492. The summed E-state index contributed by atoms with van der Waals surface area (Å²) >= 11 is 2.71. The second-order valence-electron chi connectivity index (χ2n) is 5.21. The molecule has 0 spiro atoms. The van der Waals surface area contributed by atoms with E-state index in [0.717, 1.165) is 23.5 Å². The van der Waals surface area contributed by atoms with Crippen molar-refractivity contribution in [3.63, 3.8) is 0 Å². The molecule has 1 aromatic heterocycles. The first-order valence-corrected chi connectivity index (χ1v) is 9.49. The van der Waals surface area contributed by atoms with Gasteiger partial charge in [0.25, 0.3) is 0 Å². The van der Waals surface area contributed by atoms with E-state index in [-0.39, 0.29) is 14.5 Å². The molecule has 0 amide bonds. The number of thiophene rings is 1. The highest BCUT2D eigenvalue weighted by atomic mass is 32.2. The van der Waals surface area contributed by atoms with E-state index in [1.807, 2.05) is 0 Å². The Kier molecular flexibility index (Phi) is 4.48. The Morgan fingerprint density at radius 3 is 2.70 bits per heavy atom. The van der Waals surface area contributed by atoms with Crippen molar-refractivity contribution >= 4 is 39.1 Å². The van der Waals surface area contributed by atoms with Gasteiger partial charge in [-0.2, -0.15) is 16.1 Å². The molecule has 2 rings (SSSR count). The molecule has 2 heterocycles. The van der Waals surface area contributed by atoms with Crippen LogP contribution in [0.3, 0.4) is 0 Å². The Labute approximate surface area is 127 Å². The van der Waals surface area contributed by atoms with Crippen molar-refractivity contribution in [2.24, 2.45) is 0 Å². The van der Waals surface area contributed by atoms with Crippen molar-refractivity contribution in [1.82, 2.24) is 4.31 Å². The molecule has 1 aliphatic heterocycles. The number of rotatable bonds is 3. The van der Waals surface area contributed by atoms with Gasteiger partial charge in [-0.25, -0.2) is 13.2 Å². The predicted molar refractivity (Wildman–Crippen MR) is 81.2 cm³/mol. The minimum Gasteiger partial charge on any atom is -0.477 e. The average Bonchev–Trinajstić information content (AvgIpc) is 2.76. The van der Waals surface area contributed by atoms with Gasteiger partial charge in [0.2, 0.25) is 10.0 Å². The average molecular weight is 335 g/mol. The predicted octanol–water partition coefficient (Wildman–Crippen LogP) is 2.35. The minimum atomic E-state index is -3.58. The molecule has 0 atom stereocenters. The molecular formula is C12H17NO4S3. The molecule has 0 bridgehead atoms. The first-order valence-electron chi connectivity index (χ1n) is 6.18. The van der Waals surface area contributed by atoms with Crippen LogP contribution in [-0.4, -0.2) is 47.4 Å². The number of thioether (sulfide) groups is 1. The summed E-state index contributed by atoms with van der Waals surface area (Å²) in [7, 11) is -3.58. The van der Waals surface area contributed by atoms with Crippen LogP contribution in [0.15, 0.2) is 16.3 Å². The van der Waals surface area contributed by atoms with Crippen molar-refractivity contribution in [2.75, 3.05) is 18.8 Å². The van der Waals surface area contributed by atoms with E-state index in [2.05, 4.69) is 13.8 Å². The molecule has 0 unspecified atom stereocenters. The fourth-order valence-electron chi connectivity index (χ4n) is 1.96. The summed E-state index contributed by atoms with van der Waals surface area (Å²) in [6.45, 7) is 5.16. The summed E-state index contributed by atoms with van der Waals surface area (Å²) in [5, 5.41) is 10.3. The van der Waals surface area contributed by atoms with E-state index < -0.39 is 16.0 Å². The Balaban J connectivity index is 2.23. The summed E-state index contributed by atoms with van der Waals surface area (Å²) in [5.74, 6) is -0.341. The van der Waals surface area contributed by atoms with Gasteiger partial charge in [0.05, 0.1) is 4.90 Å². The van der Waals surface area contributed by atoms with Gasteiger partial charge in [-0.1, -0.05) is 13.8 Å². The fraction of sp³-hybridized carbons (Fsp3) is 0.583. The monoisotopic (exact) mass is 335 g/mol. The van der Waals surface area contributed by atoms with Gasteiger partial charge in [0.15, 0.2) is 0 Å². The van der Waals surface area contributed by atoms with Gasteiger partial charge >= 0.3 is 5.97 Å². The number of sulfonamides is 1. The summed E-state index contributed by atoms with van der Waals surface area (Å²) in [6.07, 6.45) is 0.785. The van der Waals surface area contributed by atoms with Crippen molar-refractivity contribution in [1.29, 1.82) is 0 Å². The second kappa shape index (κ2) is 5.67. The molecule has 1 N–H and O–H groups in total. The van der Waals surface area contributed by atoms with E-state index in [9.17, 15) is 13.2 Å². The van der Waals surface area contributed by atoms with Crippen LogP contribution in [0.5, 0.6) is 0 Å². The van der Waals surface area contributed by atoms with Crippen LogP contribution in [0.2, 0.25) is 0 Å². The maximum absolute atomic E-state index is 12.5. The van der Waals surface area contributed by atoms with Crippen LogP contribution in [0.1, 0.15) is 29.9 Å². The van der Waals surface area contributed by atoms with Gasteiger partial charge in [0, 0.05) is 29.0 Å². The van der Waals surface area contributed by atoms with E-state index in [4.69, 9.17) is 5.11 Å². The molecular weight excluding hydrogens is 318 g/mol. The van der Waals surface area contributed by atoms with Gasteiger partial charge in [-0.05, 0) is 12.5 Å². The van der Waals surface area contributed by atoms with Crippen LogP contribution in [-0.2, 0) is 10.0 Å². The Hall–Kier alpha value is -0.570. The lowest BCUT2D eigenvalue weighted by molar-refractivity contribution is 0.0702. The molecule has 0 aromatic carbocycles. The lowest BCUT2D eigenvalue weighted by Gasteiger charge is -2.22. The van der Waals surface area contributed by atoms with E-state index in [1.54, 1.807) is 11.8 Å². The number of carboxylic acid groups (broad SMARTS) is 1. The molecule has 1 aliphatic rings. The first kappa shape index (κ1) is 15.8. The maximum Gasteiger partial charge on any atom is 0.345 e. The highest BCUT2D eigenvalue weighted by Crippen LogP contribution is 2.33. The molecule has 1 aromatic rings. The van der Waals surface area contributed by atoms with Gasteiger partial charge in [-0.15, -0.1) is 11.3 Å². The van der Waals surface area contributed by atoms with Crippen LogP contribution in [0.4, 0.5) is 0 Å². The third-order valence-corrected chi connectivity index (χ3v) is 7.54. The van der Waals surface area contributed by atoms with Crippen LogP contribution in [0.25, 0.3) is 0 Å². The molecule has 20 heavy (non-hydrogen) atoms. The number of carboxylic acids is 1. The van der Waals surface area contributed by atoms with Crippen molar-refractivity contribution in [3.8, 4) is 0 Å². The summed E-state index contributed by atoms with van der Waals surface area (Å²) in [6, 6.07) is 1.24. The number of hydrogen-bond acceptors (Lipinski definition) is 5. The van der Waals surface area contributed by atoms with Crippen molar-refractivity contribution < 1.29 is 18.3 Å². The van der Waals surface area contributed by atoms with Crippen LogP contribution >= 0.6 is 23.1 Å². The zero-order valence-corrected chi connectivity index (χ0v) is 13.8. The smallest absolute Gasteiger partial charge is 0.345 e. The van der Waals surface area contributed by atoms with Gasteiger partial charge in [0.1, 0.15) is 4.88 Å². The summed E-state index contributed by atoms with van der Waals surface area (Å²) < 4.78 is 26.6. The Morgan fingerprint density at radius 1 is 1.40 bits per heavy atom. The van der Waals surface area contributed by atoms with E-state index >= 15 is 0 Å². The number of aromatic carboxylic acids is 1. The third kappa shape index (κ3) is 3.36. The number of nitrogens with zero attached hydrogens (tertiary/aromatic N) is 1. The highest BCUT2D eigenvalue weighted by Gasteiger charge is 2.31. The zero-order valence-electron chi connectivity index (χ0n) is 11.3. The molecule has 112 valence electrons. The van der Waals surface area contributed by atoms with Crippen molar-refractivity contribution in [2.45, 2.75) is 29.9 Å². The van der Waals surface area contributed by atoms with E-state index in [0.29, 0.717) is 13.1 Å². The second-order valence-corrected chi connectivity index (χ2v) is 9.87. The molecule has 5 nitrogen and oxygen atoms in total. The largest absolute Gasteiger partial charge is 0.477 e. The zero-order chi connectivity index (χ0) is 15.0. The molecule has 8 heteroatoms. The molecule has 1 fully saturated rings. The first-order chi connectivity index (χ1) is 9.22. The van der Waals surface area contributed by atoms with E-state index in [1.165, 1.54) is 15.8 Å². The van der Waals surface area contributed by atoms with Gasteiger partial charge < -0.3 is 5.11 Å². The third-order valence-electron chi connectivity index (χ3n) is 3.22. The SMILES string of the molecule is CC1(C)CCN(S(=O)(=O)c2csc(C(=O)O)c2)CCS1. The van der Waals surface area contributed by atoms with Crippen LogP contribution < -0.4 is 0 Å². The maximum atomic E-state index is 12.5. The lowest BCUT2D eigenvalue weighted by atomic mass is 10.1. The van der Waals surface area contributed by atoms with Crippen LogP contribution in [0, 0.1) is 0 Å². The lowest BCUT2D eigenvalue weighted by Crippen LogP contribution is -2.33. The Morgan fingerprint density at radius 2 is 2.10 bits per heavy atom. The van der Waals surface area contributed by atoms with Gasteiger partial charge in [-0.3, -0.25) is 0 Å². The molecule has 0 aliphatic carbocycles. The number of carbonyl (C=O) groups is 1. The normalized spacial score (nSPS) is 20.5. The molecule has 1 saturated heterocycles. The standard InChI is InChI=1S/C12H17NO4S3/c1-12(2)3-4-13(5-6-19-12)20(16,17)9-7-10(11(14)15)18-8-9/h7-8H,3-6H2,1-2H3,(H,14,15). The Bertz CT molecular complexity index is 606.